The SMILES string of the molecule is C=CCC[C@@H](OCc1ccccc1)[C@H]1OC(OC)[C@H](OCc2ccccc2)[C@H]1OCc1ccccc1. The van der Waals surface area contributed by atoms with Crippen molar-refractivity contribution in [3.05, 3.63) is 120 Å². The summed E-state index contributed by atoms with van der Waals surface area (Å²) < 4.78 is 31.5. The van der Waals surface area contributed by atoms with E-state index in [2.05, 4.69) is 30.8 Å². The second-order valence-electron chi connectivity index (χ2n) is 8.93. The molecule has 0 spiro atoms. The summed E-state index contributed by atoms with van der Waals surface area (Å²) in [6.45, 7) is 5.28. The monoisotopic (exact) mass is 488 g/mol. The third-order valence-corrected chi connectivity index (χ3v) is 6.34. The average Bonchev–Trinajstić information content (AvgIpc) is 3.29. The van der Waals surface area contributed by atoms with Crippen LogP contribution in [-0.4, -0.2) is 37.8 Å². The van der Waals surface area contributed by atoms with Gasteiger partial charge < -0.3 is 23.7 Å². The third-order valence-electron chi connectivity index (χ3n) is 6.34. The summed E-state index contributed by atoms with van der Waals surface area (Å²) in [6, 6.07) is 30.4. The van der Waals surface area contributed by atoms with Gasteiger partial charge >= 0.3 is 0 Å². The fourth-order valence-electron chi connectivity index (χ4n) is 4.44. The quantitative estimate of drug-likeness (QED) is 0.257. The van der Waals surface area contributed by atoms with Crippen LogP contribution in [0.4, 0.5) is 0 Å². The van der Waals surface area contributed by atoms with Crippen LogP contribution in [-0.2, 0) is 43.5 Å². The molecule has 1 aliphatic rings. The minimum Gasteiger partial charge on any atom is -0.371 e. The van der Waals surface area contributed by atoms with Crippen molar-refractivity contribution in [3.63, 3.8) is 0 Å². The molecule has 1 heterocycles. The highest BCUT2D eigenvalue weighted by Crippen LogP contribution is 2.33. The van der Waals surface area contributed by atoms with Gasteiger partial charge in [0, 0.05) is 7.11 Å². The number of rotatable bonds is 14. The van der Waals surface area contributed by atoms with Crippen molar-refractivity contribution >= 4 is 0 Å². The Balaban J connectivity index is 1.54. The molecule has 36 heavy (non-hydrogen) atoms. The van der Waals surface area contributed by atoms with Gasteiger partial charge in [-0.15, -0.1) is 6.58 Å². The van der Waals surface area contributed by atoms with Crippen LogP contribution in [0.1, 0.15) is 29.5 Å². The van der Waals surface area contributed by atoms with Gasteiger partial charge in [0.25, 0.3) is 0 Å². The van der Waals surface area contributed by atoms with Gasteiger partial charge in [-0.1, -0.05) is 97.1 Å². The van der Waals surface area contributed by atoms with Crippen LogP contribution in [0.2, 0.25) is 0 Å². The van der Waals surface area contributed by atoms with Crippen LogP contribution in [0.3, 0.4) is 0 Å². The van der Waals surface area contributed by atoms with E-state index < -0.39 is 12.4 Å². The van der Waals surface area contributed by atoms with E-state index in [1.165, 1.54) is 0 Å². The molecule has 0 aliphatic carbocycles. The van der Waals surface area contributed by atoms with Crippen molar-refractivity contribution in [1.82, 2.24) is 0 Å². The molecular weight excluding hydrogens is 452 g/mol. The van der Waals surface area contributed by atoms with E-state index in [-0.39, 0.29) is 18.3 Å². The van der Waals surface area contributed by atoms with Crippen molar-refractivity contribution in [1.29, 1.82) is 0 Å². The maximum Gasteiger partial charge on any atom is 0.186 e. The van der Waals surface area contributed by atoms with Crippen LogP contribution in [0.5, 0.6) is 0 Å². The molecule has 3 aromatic rings. The van der Waals surface area contributed by atoms with E-state index in [1.54, 1.807) is 7.11 Å². The van der Waals surface area contributed by atoms with Crippen molar-refractivity contribution in [2.24, 2.45) is 0 Å². The van der Waals surface area contributed by atoms with Gasteiger partial charge in [-0.25, -0.2) is 0 Å². The average molecular weight is 489 g/mol. The van der Waals surface area contributed by atoms with Crippen molar-refractivity contribution < 1.29 is 23.7 Å². The van der Waals surface area contributed by atoms with Gasteiger partial charge in [0.2, 0.25) is 0 Å². The van der Waals surface area contributed by atoms with Crippen LogP contribution < -0.4 is 0 Å². The first-order valence-corrected chi connectivity index (χ1v) is 12.5. The summed E-state index contributed by atoms with van der Waals surface area (Å²) in [5.74, 6) is 0. The standard InChI is InChI=1S/C31H36O5/c1-3-4-20-27(33-21-24-14-8-5-9-15-24)28-29(34-22-25-16-10-6-11-17-25)30(31(32-2)36-28)35-23-26-18-12-7-13-19-26/h3,5-19,27-31H,1,4,20-23H2,2H3/t27-,28-,29+,30-,31?/m1/s1. The lowest BCUT2D eigenvalue weighted by atomic mass is 10.0. The minimum atomic E-state index is -0.564. The largest absolute Gasteiger partial charge is 0.371 e. The molecule has 1 fully saturated rings. The lowest BCUT2D eigenvalue weighted by Gasteiger charge is -2.29. The number of benzene rings is 3. The Bertz CT molecular complexity index is 1010. The highest BCUT2D eigenvalue weighted by molar-refractivity contribution is 5.15. The molecule has 0 N–H and O–H groups in total. The van der Waals surface area contributed by atoms with Crippen LogP contribution in [0.15, 0.2) is 104 Å². The fraction of sp³-hybridized carbons (Fsp3) is 0.355. The van der Waals surface area contributed by atoms with E-state index in [9.17, 15) is 0 Å². The molecule has 4 rings (SSSR count). The first-order valence-electron chi connectivity index (χ1n) is 12.5. The highest BCUT2D eigenvalue weighted by Gasteiger charge is 2.50. The number of hydrogen-bond acceptors (Lipinski definition) is 5. The smallest absolute Gasteiger partial charge is 0.186 e. The van der Waals surface area contributed by atoms with Gasteiger partial charge in [0.15, 0.2) is 6.29 Å². The van der Waals surface area contributed by atoms with Crippen LogP contribution in [0, 0.1) is 0 Å². The van der Waals surface area contributed by atoms with E-state index in [0.717, 1.165) is 29.5 Å². The Hall–Kier alpha value is -2.80. The summed E-state index contributed by atoms with van der Waals surface area (Å²) in [5, 5.41) is 0. The Morgan fingerprint density at radius 3 is 1.75 bits per heavy atom. The predicted octanol–water partition coefficient (Wildman–Crippen LogP) is 6.08. The Morgan fingerprint density at radius 2 is 1.25 bits per heavy atom. The topological polar surface area (TPSA) is 46.2 Å². The molecule has 0 bridgehead atoms. The second-order valence-corrected chi connectivity index (χ2v) is 8.93. The number of methoxy groups -OCH3 is 1. The summed E-state index contributed by atoms with van der Waals surface area (Å²) in [6.07, 6.45) is 1.55. The number of hydrogen-bond donors (Lipinski definition) is 0. The molecule has 0 aromatic heterocycles. The lowest BCUT2D eigenvalue weighted by molar-refractivity contribution is -0.181. The van der Waals surface area contributed by atoms with Gasteiger partial charge in [0.1, 0.15) is 18.3 Å². The highest BCUT2D eigenvalue weighted by atomic mass is 16.7. The molecule has 190 valence electrons. The van der Waals surface area contributed by atoms with Gasteiger partial charge in [-0.2, -0.15) is 0 Å². The van der Waals surface area contributed by atoms with Crippen molar-refractivity contribution in [2.75, 3.05) is 7.11 Å². The molecule has 0 radical (unpaired) electrons. The van der Waals surface area contributed by atoms with Crippen LogP contribution >= 0.6 is 0 Å². The first-order chi connectivity index (χ1) is 17.8. The molecule has 1 aliphatic heterocycles. The first kappa shape index (κ1) is 26.3. The zero-order valence-corrected chi connectivity index (χ0v) is 20.9. The Kier molecular flexibility index (Phi) is 10.3. The molecule has 0 amide bonds. The normalized spacial score (nSPS) is 22.4. The molecule has 0 saturated carbocycles. The van der Waals surface area contributed by atoms with E-state index in [1.807, 2.05) is 72.8 Å². The number of allylic oxidation sites excluding steroid dienone is 1. The molecular formula is C31H36O5. The predicted molar refractivity (Wildman–Crippen MR) is 140 cm³/mol. The second kappa shape index (κ2) is 14.1. The van der Waals surface area contributed by atoms with Gasteiger partial charge in [-0.05, 0) is 29.5 Å². The zero-order chi connectivity index (χ0) is 25.0. The Labute approximate surface area is 214 Å². The summed E-state index contributed by atoms with van der Waals surface area (Å²) in [7, 11) is 1.64. The zero-order valence-electron chi connectivity index (χ0n) is 20.9. The van der Waals surface area contributed by atoms with E-state index in [0.29, 0.717) is 19.8 Å². The molecule has 1 saturated heterocycles. The molecule has 5 nitrogen and oxygen atoms in total. The minimum absolute atomic E-state index is 0.216. The maximum absolute atomic E-state index is 6.51. The maximum atomic E-state index is 6.51. The Morgan fingerprint density at radius 1 is 0.750 bits per heavy atom. The summed E-state index contributed by atoms with van der Waals surface area (Å²) in [5.41, 5.74) is 3.29. The molecule has 1 unspecified atom stereocenters. The van der Waals surface area contributed by atoms with Crippen molar-refractivity contribution in [2.45, 2.75) is 63.4 Å². The summed E-state index contributed by atoms with van der Waals surface area (Å²) in [4.78, 5) is 0. The van der Waals surface area contributed by atoms with E-state index in [4.69, 9.17) is 23.7 Å². The third kappa shape index (κ3) is 7.36. The van der Waals surface area contributed by atoms with Crippen molar-refractivity contribution in [3.8, 4) is 0 Å². The molecule has 5 atom stereocenters. The summed E-state index contributed by atoms with van der Waals surface area (Å²) >= 11 is 0. The van der Waals surface area contributed by atoms with Crippen LogP contribution in [0.25, 0.3) is 0 Å². The lowest BCUT2D eigenvalue weighted by Crippen LogP contribution is -2.43. The molecule has 5 heteroatoms. The fourth-order valence-corrected chi connectivity index (χ4v) is 4.44. The van der Waals surface area contributed by atoms with Gasteiger partial charge in [-0.3, -0.25) is 0 Å². The number of ether oxygens (including phenoxy) is 5. The van der Waals surface area contributed by atoms with E-state index >= 15 is 0 Å². The molecule has 3 aromatic carbocycles. The van der Waals surface area contributed by atoms with Gasteiger partial charge in [0.05, 0.1) is 25.9 Å².